The van der Waals surface area contributed by atoms with E-state index in [0.29, 0.717) is 5.41 Å². The van der Waals surface area contributed by atoms with E-state index < -0.39 is 0 Å². The van der Waals surface area contributed by atoms with Gasteiger partial charge in [-0.2, -0.15) is 0 Å². The summed E-state index contributed by atoms with van der Waals surface area (Å²) in [4.78, 5) is 8.41. The number of rotatable bonds is 3. The average molecular weight is 242 g/mol. The van der Waals surface area contributed by atoms with Crippen molar-refractivity contribution in [1.29, 1.82) is 0 Å². The molecule has 2 heterocycles. The molecule has 2 N–H and O–H groups in total. The molecule has 0 spiro atoms. The first kappa shape index (κ1) is 11.3. The normalized spacial score (nSPS) is 17.4. The van der Waals surface area contributed by atoms with Crippen LogP contribution in [0.5, 0.6) is 0 Å². The van der Waals surface area contributed by atoms with Gasteiger partial charge in [0.2, 0.25) is 0 Å². The molecule has 3 rings (SSSR count). The van der Waals surface area contributed by atoms with Gasteiger partial charge in [0.1, 0.15) is 0 Å². The van der Waals surface area contributed by atoms with Gasteiger partial charge in [0.15, 0.2) is 0 Å². The van der Waals surface area contributed by atoms with Crippen molar-refractivity contribution in [2.45, 2.75) is 32.7 Å². The molecule has 0 unspecified atom stereocenters. The summed E-state index contributed by atoms with van der Waals surface area (Å²) in [6, 6.07) is 1.83. The van der Waals surface area contributed by atoms with Crippen molar-refractivity contribution in [3.05, 3.63) is 31.0 Å². The number of imidazole rings is 1. The largest absolute Gasteiger partial charge is 0.398 e. The van der Waals surface area contributed by atoms with Crippen LogP contribution in [-0.2, 0) is 6.54 Å². The first-order valence-electron chi connectivity index (χ1n) is 6.38. The molecular formula is C14H18N4. The second kappa shape index (κ2) is 4.12. The summed E-state index contributed by atoms with van der Waals surface area (Å²) in [6.07, 6.45) is 11.2. The molecule has 0 atom stereocenters. The SMILES string of the molecule is CC1(Cn2cncc2-c2cnccc2N)CCC1. The molecule has 0 bridgehead atoms. The summed E-state index contributed by atoms with van der Waals surface area (Å²) in [6.45, 7) is 3.35. The standard InChI is InChI=1S/C14H18N4/c1-14(4-2-5-14)9-18-10-17-8-13(18)11-7-16-6-3-12(11)15/h3,6-8,10H,2,4-5,9H2,1H3,(H2,15,16). The molecular weight excluding hydrogens is 224 g/mol. The summed E-state index contributed by atoms with van der Waals surface area (Å²) in [5.74, 6) is 0. The van der Waals surface area contributed by atoms with Gasteiger partial charge in [-0.25, -0.2) is 4.98 Å². The first-order valence-corrected chi connectivity index (χ1v) is 6.38. The van der Waals surface area contributed by atoms with Crippen molar-refractivity contribution in [2.24, 2.45) is 5.41 Å². The van der Waals surface area contributed by atoms with E-state index in [-0.39, 0.29) is 0 Å². The van der Waals surface area contributed by atoms with E-state index in [1.807, 2.05) is 24.8 Å². The molecule has 0 aromatic carbocycles. The first-order chi connectivity index (χ1) is 8.68. The van der Waals surface area contributed by atoms with Gasteiger partial charge in [0, 0.05) is 30.2 Å². The van der Waals surface area contributed by atoms with Gasteiger partial charge in [-0.05, 0) is 24.3 Å². The zero-order valence-corrected chi connectivity index (χ0v) is 10.6. The Bertz CT molecular complexity index is 554. The highest BCUT2D eigenvalue weighted by atomic mass is 15.1. The Labute approximate surface area is 107 Å². The van der Waals surface area contributed by atoms with Crippen LogP contribution in [0.2, 0.25) is 0 Å². The highest BCUT2D eigenvalue weighted by Gasteiger charge is 2.32. The lowest BCUT2D eigenvalue weighted by Gasteiger charge is -2.39. The minimum absolute atomic E-state index is 0.423. The molecule has 1 saturated carbocycles. The molecule has 4 heteroatoms. The number of anilines is 1. The third-order valence-electron chi connectivity index (χ3n) is 3.96. The maximum absolute atomic E-state index is 6.01. The summed E-state index contributed by atoms with van der Waals surface area (Å²) < 4.78 is 2.20. The maximum atomic E-state index is 6.01. The summed E-state index contributed by atoms with van der Waals surface area (Å²) in [5, 5.41) is 0. The second-order valence-corrected chi connectivity index (χ2v) is 5.53. The Morgan fingerprint density at radius 2 is 2.17 bits per heavy atom. The van der Waals surface area contributed by atoms with Crippen LogP contribution in [0.4, 0.5) is 5.69 Å². The lowest BCUT2D eigenvalue weighted by Crippen LogP contribution is -2.30. The quantitative estimate of drug-likeness (QED) is 0.900. The Morgan fingerprint density at radius 1 is 1.33 bits per heavy atom. The van der Waals surface area contributed by atoms with Gasteiger partial charge < -0.3 is 10.3 Å². The smallest absolute Gasteiger partial charge is 0.0951 e. The van der Waals surface area contributed by atoms with Gasteiger partial charge in [-0.15, -0.1) is 0 Å². The van der Waals surface area contributed by atoms with Crippen LogP contribution in [-0.4, -0.2) is 14.5 Å². The zero-order valence-electron chi connectivity index (χ0n) is 10.6. The van der Waals surface area contributed by atoms with Gasteiger partial charge >= 0.3 is 0 Å². The van der Waals surface area contributed by atoms with Crippen molar-refractivity contribution >= 4 is 5.69 Å². The van der Waals surface area contributed by atoms with Crippen LogP contribution >= 0.6 is 0 Å². The molecule has 0 radical (unpaired) electrons. The van der Waals surface area contributed by atoms with Crippen LogP contribution in [0.15, 0.2) is 31.0 Å². The van der Waals surface area contributed by atoms with E-state index >= 15 is 0 Å². The van der Waals surface area contributed by atoms with Crippen LogP contribution in [0.1, 0.15) is 26.2 Å². The fourth-order valence-electron chi connectivity index (χ4n) is 2.64. The fraction of sp³-hybridized carbons (Fsp3) is 0.429. The van der Waals surface area contributed by atoms with Crippen molar-refractivity contribution in [3.63, 3.8) is 0 Å². The van der Waals surface area contributed by atoms with E-state index in [2.05, 4.69) is 21.5 Å². The summed E-state index contributed by atoms with van der Waals surface area (Å²) in [7, 11) is 0. The van der Waals surface area contributed by atoms with E-state index in [1.165, 1.54) is 19.3 Å². The third-order valence-corrected chi connectivity index (χ3v) is 3.96. The fourth-order valence-corrected chi connectivity index (χ4v) is 2.64. The lowest BCUT2D eigenvalue weighted by atomic mass is 9.70. The van der Waals surface area contributed by atoms with Gasteiger partial charge in [0.25, 0.3) is 0 Å². The second-order valence-electron chi connectivity index (χ2n) is 5.53. The summed E-state index contributed by atoms with van der Waals surface area (Å²) >= 11 is 0. The van der Waals surface area contributed by atoms with Crippen molar-refractivity contribution in [3.8, 4) is 11.3 Å². The molecule has 94 valence electrons. The molecule has 0 amide bonds. The molecule has 0 saturated heterocycles. The highest BCUT2D eigenvalue weighted by Crippen LogP contribution is 2.42. The highest BCUT2D eigenvalue weighted by molar-refractivity contribution is 5.72. The van der Waals surface area contributed by atoms with Crippen molar-refractivity contribution < 1.29 is 0 Å². The molecule has 1 aliphatic carbocycles. The Hall–Kier alpha value is -1.84. The van der Waals surface area contributed by atoms with E-state index in [9.17, 15) is 0 Å². The molecule has 2 aromatic heterocycles. The molecule has 1 aliphatic rings. The number of nitrogens with zero attached hydrogens (tertiary/aromatic N) is 3. The Morgan fingerprint density at radius 3 is 2.83 bits per heavy atom. The molecule has 0 aliphatic heterocycles. The minimum Gasteiger partial charge on any atom is -0.398 e. The van der Waals surface area contributed by atoms with Gasteiger partial charge in [0.05, 0.1) is 18.2 Å². The van der Waals surface area contributed by atoms with Crippen molar-refractivity contribution in [1.82, 2.24) is 14.5 Å². The molecule has 2 aromatic rings. The predicted molar refractivity (Wildman–Crippen MR) is 71.8 cm³/mol. The maximum Gasteiger partial charge on any atom is 0.0951 e. The third kappa shape index (κ3) is 1.88. The number of nitrogens with two attached hydrogens (primary N) is 1. The van der Waals surface area contributed by atoms with Gasteiger partial charge in [-0.3, -0.25) is 4.98 Å². The molecule has 1 fully saturated rings. The topological polar surface area (TPSA) is 56.7 Å². The van der Waals surface area contributed by atoms with Crippen LogP contribution < -0.4 is 5.73 Å². The Balaban J connectivity index is 1.94. The average Bonchev–Trinajstić information content (AvgIpc) is 2.75. The van der Waals surface area contributed by atoms with E-state index in [1.54, 1.807) is 6.20 Å². The number of nitrogen functional groups attached to an aromatic ring is 1. The lowest BCUT2D eigenvalue weighted by molar-refractivity contribution is 0.133. The van der Waals surface area contributed by atoms with Gasteiger partial charge in [-0.1, -0.05) is 13.3 Å². The molecule has 18 heavy (non-hydrogen) atoms. The predicted octanol–water partition coefficient (Wildman–Crippen LogP) is 2.72. The van der Waals surface area contributed by atoms with E-state index in [4.69, 9.17) is 5.73 Å². The van der Waals surface area contributed by atoms with Crippen molar-refractivity contribution in [2.75, 3.05) is 5.73 Å². The number of aromatic nitrogens is 3. The number of hydrogen-bond donors (Lipinski definition) is 1. The number of hydrogen-bond acceptors (Lipinski definition) is 3. The monoisotopic (exact) mass is 242 g/mol. The van der Waals surface area contributed by atoms with Crippen LogP contribution in [0.3, 0.4) is 0 Å². The van der Waals surface area contributed by atoms with E-state index in [0.717, 1.165) is 23.5 Å². The zero-order chi connectivity index (χ0) is 12.6. The molecule has 4 nitrogen and oxygen atoms in total. The minimum atomic E-state index is 0.423. The van der Waals surface area contributed by atoms with Crippen LogP contribution in [0.25, 0.3) is 11.3 Å². The number of pyridine rings is 1. The Kier molecular flexibility index (Phi) is 2.58. The summed E-state index contributed by atoms with van der Waals surface area (Å²) in [5.41, 5.74) is 9.22. The van der Waals surface area contributed by atoms with Crippen LogP contribution in [0, 0.1) is 5.41 Å².